The topological polar surface area (TPSA) is 72.5 Å². The molecule has 0 saturated carbocycles. The minimum atomic E-state index is -1.55. The van der Waals surface area contributed by atoms with E-state index in [2.05, 4.69) is 4.74 Å². The number of anilines is 1. The van der Waals surface area contributed by atoms with E-state index >= 15 is 0 Å². The van der Waals surface area contributed by atoms with E-state index in [1.54, 1.807) is 18.2 Å². The number of nitrogens with two attached hydrogens (primary N) is 1. The molecule has 4 nitrogen and oxygen atoms in total. The molecule has 17 heavy (non-hydrogen) atoms. The van der Waals surface area contributed by atoms with Gasteiger partial charge < -0.3 is 15.6 Å². The van der Waals surface area contributed by atoms with Gasteiger partial charge in [0.05, 0.1) is 7.11 Å². The van der Waals surface area contributed by atoms with Crippen molar-refractivity contribution >= 4 is 35.0 Å². The van der Waals surface area contributed by atoms with Gasteiger partial charge >= 0.3 is 5.97 Å². The van der Waals surface area contributed by atoms with Gasteiger partial charge in [-0.25, -0.2) is 4.79 Å². The Bertz CT molecular complexity index is 423. The first-order valence-corrected chi connectivity index (χ1v) is 6.22. The second kappa shape index (κ2) is 5.62. The third kappa shape index (κ3) is 3.80. The molecule has 1 aromatic rings. The molecular weight excluding hydrogens is 262 g/mol. The highest BCUT2D eigenvalue weighted by atomic mass is 35.5. The minimum Gasteiger partial charge on any atom is -0.467 e. The van der Waals surface area contributed by atoms with Crippen LogP contribution in [0.1, 0.15) is 6.92 Å². The molecule has 0 bridgehead atoms. The number of carbonyl (C=O) groups excluding carboxylic acids is 1. The lowest BCUT2D eigenvalue weighted by Crippen LogP contribution is -2.38. The van der Waals surface area contributed by atoms with Gasteiger partial charge in [-0.15, -0.1) is 11.8 Å². The van der Waals surface area contributed by atoms with Crippen molar-refractivity contribution < 1.29 is 14.6 Å². The summed E-state index contributed by atoms with van der Waals surface area (Å²) in [6.07, 6.45) is 0. The zero-order chi connectivity index (χ0) is 13.1. The fourth-order valence-electron chi connectivity index (χ4n) is 1.13. The molecule has 0 aromatic heterocycles. The van der Waals surface area contributed by atoms with Crippen LogP contribution in [0.3, 0.4) is 0 Å². The van der Waals surface area contributed by atoms with Crippen LogP contribution in [0.4, 0.5) is 5.69 Å². The van der Waals surface area contributed by atoms with Crippen LogP contribution in [-0.4, -0.2) is 29.5 Å². The molecule has 3 N–H and O–H groups in total. The minimum absolute atomic E-state index is 0.143. The van der Waals surface area contributed by atoms with Crippen LogP contribution in [0.25, 0.3) is 0 Å². The first-order chi connectivity index (χ1) is 7.86. The summed E-state index contributed by atoms with van der Waals surface area (Å²) in [6.45, 7) is 1.40. The summed E-state index contributed by atoms with van der Waals surface area (Å²) in [5.74, 6) is -0.532. The highest BCUT2D eigenvalue weighted by Crippen LogP contribution is 2.30. The van der Waals surface area contributed by atoms with E-state index in [1.807, 2.05) is 0 Å². The van der Waals surface area contributed by atoms with Crippen molar-refractivity contribution in [3.63, 3.8) is 0 Å². The lowest BCUT2D eigenvalue weighted by Gasteiger charge is -2.19. The zero-order valence-electron chi connectivity index (χ0n) is 9.57. The van der Waals surface area contributed by atoms with Crippen molar-refractivity contribution in [2.24, 2.45) is 0 Å². The van der Waals surface area contributed by atoms with E-state index in [0.29, 0.717) is 10.7 Å². The summed E-state index contributed by atoms with van der Waals surface area (Å²) in [6, 6.07) is 5.05. The molecule has 0 spiro atoms. The molecular formula is C11H14ClNO3S. The molecule has 0 radical (unpaired) electrons. The maximum atomic E-state index is 11.3. The van der Waals surface area contributed by atoms with Crippen molar-refractivity contribution in [2.75, 3.05) is 18.6 Å². The first kappa shape index (κ1) is 14.2. The predicted octanol–water partition coefficient (Wildman–Crippen LogP) is 1.94. The summed E-state index contributed by atoms with van der Waals surface area (Å²) in [7, 11) is 1.23. The second-order valence-electron chi connectivity index (χ2n) is 3.74. The van der Waals surface area contributed by atoms with E-state index in [1.165, 1.54) is 25.8 Å². The molecule has 0 heterocycles. The number of nitrogen functional groups attached to an aromatic ring is 1. The van der Waals surface area contributed by atoms with Crippen LogP contribution >= 0.6 is 23.4 Å². The number of carbonyl (C=O) groups is 1. The molecule has 6 heteroatoms. The highest BCUT2D eigenvalue weighted by molar-refractivity contribution is 7.99. The van der Waals surface area contributed by atoms with Crippen LogP contribution in [-0.2, 0) is 9.53 Å². The average molecular weight is 276 g/mol. The Balaban J connectivity index is 2.73. The number of rotatable bonds is 4. The molecule has 0 fully saturated rings. The van der Waals surface area contributed by atoms with Crippen molar-refractivity contribution in [2.45, 2.75) is 17.4 Å². The number of benzene rings is 1. The van der Waals surface area contributed by atoms with Crippen molar-refractivity contribution in [3.05, 3.63) is 23.2 Å². The van der Waals surface area contributed by atoms with Gasteiger partial charge in [-0.05, 0) is 25.1 Å². The average Bonchev–Trinajstić information content (AvgIpc) is 2.29. The van der Waals surface area contributed by atoms with E-state index < -0.39 is 11.6 Å². The zero-order valence-corrected chi connectivity index (χ0v) is 11.1. The van der Waals surface area contributed by atoms with Gasteiger partial charge in [0.15, 0.2) is 5.60 Å². The third-order valence-electron chi connectivity index (χ3n) is 2.11. The number of halogens is 1. The van der Waals surface area contributed by atoms with Gasteiger partial charge in [0.25, 0.3) is 0 Å². The largest absolute Gasteiger partial charge is 0.467 e. The molecule has 1 rings (SSSR count). The van der Waals surface area contributed by atoms with E-state index in [4.69, 9.17) is 17.3 Å². The van der Waals surface area contributed by atoms with Gasteiger partial charge in [0.1, 0.15) is 0 Å². The predicted molar refractivity (Wildman–Crippen MR) is 69.2 cm³/mol. The molecule has 0 aliphatic carbocycles. The Kier molecular flexibility index (Phi) is 4.68. The Labute approximate surface area is 109 Å². The van der Waals surface area contributed by atoms with Crippen molar-refractivity contribution in [3.8, 4) is 0 Å². The summed E-state index contributed by atoms with van der Waals surface area (Å²) in [5.41, 5.74) is 4.76. The van der Waals surface area contributed by atoms with Crippen LogP contribution in [0.2, 0.25) is 5.02 Å². The van der Waals surface area contributed by atoms with Gasteiger partial charge in [0, 0.05) is 21.4 Å². The van der Waals surface area contributed by atoms with Gasteiger partial charge in [-0.3, -0.25) is 0 Å². The standard InChI is InChI=1S/C11H14ClNO3S/c1-11(15,10(14)16-2)6-17-9-5-7(12)3-4-8(9)13/h3-5,15H,6,13H2,1-2H3. The van der Waals surface area contributed by atoms with Gasteiger partial charge in [-0.1, -0.05) is 11.6 Å². The maximum absolute atomic E-state index is 11.3. The summed E-state index contributed by atoms with van der Waals surface area (Å²) >= 11 is 7.09. The maximum Gasteiger partial charge on any atom is 0.338 e. The normalized spacial score (nSPS) is 14.1. The Hall–Kier alpha value is -0.910. The molecule has 0 aliphatic heterocycles. The first-order valence-electron chi connectivity index (χ1n) is 4.85. The molecule has 0 saturated heterocycles. The van der Waals surface area contributed by atoms with Crippen molar-refractivity contribution in [1.82, 2.24) is 0 Å². The SMILES string of the molecule is COC(=O)C(C)(O)CSc1cc(Cl)ccc1N. The van der Waals surface area contributed by atoms with Crippen molar-refractivity contribution in [1.29, 1.82) is 0 Å². The lowest BCUT2D eigenvalue weighted by atomic mass is 10.1. The van der Waals surface area contributed by atoms with Crippen LogP contribution < -0.4 is 5.73 Å². The third-order valence-corrected chi connectivity index (χ3v) is 3.72. The molecule has 1 unspecified atom stereocenters. The van der Waals surface area contributed by atoms with Crippen LogP contribution in [0.5, 0.6) is 0 Å². The number of hydrogen-bond donors (Lipinski definition) is 2. The number of hydrogen-bond acceptors (Lipinski definition) is 5. The smallest absolute Gasteiger partial charge is 0.338 e. The molecule has 1 atom stereocenters. The fourth-order valence-corrected chi connectivity index (χ4v) is 2.37. The summed E-state index contributed by atoms with van der Waals surface area (Å²) < 4.78 is 4.50. The van der Waals surface area contributed by atoms with E-state index in [9.17, 15) is 9.90 Å². The van der Waals surface area contributed by atoms with E-state index in [0.717, 1.165) is 4.90 Å². The van der Waals surface area contributed by atoms with Crippen LogP contribution in [0, 0.1) is 0 Å². The van der Waals surface area contributed by atoms with Gasteiger partial charge in [-0.2, -0.15) is 0 Å². The molecule has 94 valence electrons. The number of methoxy groups -OCH3 is 1. The fraction of sp³-hybridized carbons (Fsp3) is 0.364. The highest BCUT2D eigenvalue weighted by Gasteiger charge is 2.31. The van der Waals surface area contributed by atoms with Crippen LogP contribution in [0.15, 0.2) is 23.1 Å². The monoisotopic (exact) mass is 275 g/mol. The summed E-state index contributed by atoms with van der Waals surface area (Å²) in [5, 5.41) is 10.4. The Morgan fingerprint density at radius 3 is 2.88 bits per heavy atom. The summed E-state index contributed by atoms with van der Waals surface area (Å²) in [4.78, 5) is 12.0. The number of esters is 1. The number of thioether (sulfide) groups is 1. The number of aliphatic hydroxyl groups is 1. The quantitative estimate of drug-likeness (QED) is 0.499. The Morgan fingerprint density at radius 1 is 1.65 bits per heavy atom. The second-order valence-corrected chi connectivity index (χ2v) is 5.19. The lowest BCUT2D eigenvalue weighted by molar-refractivity contribution is -0.158. The van der Waals surface area contributed by atoms with E-state index in [-0.39, 0.29) is 5.75 Å². The molecule has 0 amide bonds. The molecule has 0 aliphatic rings. The Morgan fingerprint density at radius 2 is 2.29 bits per heavy atom. The number of ether oxygens (including phenoxy) is 1. The molecule has 1 aromatic carbocycles. The van der Waals surface area contributed by atoms with Gasteiger partial charge in [0.2, 0.25) is 0 Å².